The lowest BCUT2D eigenvalue weighted by molar-refractivity contribution is -0.0525. The van der Waals surface area contributed by atoms with E-state index in [-0.39, 0.29) is 30.4 Å². The summed E-state index contributed by atoms with van der Waals surface area (Å²) in [5, 5.41) is 15.9. The Morgan fingerprint density at radius 1 is 0.607 bits per heavy atom. The molecule has 10 rings (SSSR count). The third kappa shape index (κ3) is 6.58. The molecule has 6 heterocycles. The molecule has 4 aromatic heterocycles. The van der Waals surface area contributed by atoms with Crippen LogP contribution in [0, 0.1) is 29.6 Å². The van der Waals surface area contributed by atoms with Gasteiger partial charge in [-0.3, -0.25) is 18.7 Å². The Bertz CT molecular complexity index is 2170. The summed E-state index contributed by atoms with van der Waals surface area (Å²) in [4.78, 5) is 51.1. The zero-order valence-electron chi connectivity index (χ0n) is 31.3. The summed E-state index contributed by atoms with van der Waals surface area (Å²) < 4.78 is 16.4. The highest BCUT2D eigenvalue weighted by Gasteiger charge is 2.49. The van der Waals surface area contributed by atoms with Crippen LogP contribution in [-0.2, 0) is 9.47 Å². The quantitative estimate of drug-likeness (QED) is 0.180. The van der Waals surface area contributed by atoms with Crippen LogP contribution in [-0.4, -0.2) is 74.3 Å². The number of hydrogen-bond acceptors (Lipinski definition) is 11. The molecule has 15 heteroatoms. The van der Waals surface area contributed by atoms with Crippen molar-refractivity contribution in [3.63, 3.8) is 0 Å². The van der Waals surface area contributed by atoms with E-state index in [0.29, 0.717) is 80.8 Å². The normalized spacial score (nSPS) is 29.1. The number of imidazole rings is 2. The average Bonchev–Trinajstić information content (AvgIpc) is 4.07. The van der Waals surface area contributed by atoms with E-state index in [1.165, 1.54) is 19.1 Å². The molecule has 0 bridgehead atoms. The first-order chi connectivity index (χ1) is 27.2. The number of rotatable bonds is 6. The summed E-state index contributed by atoms with van der Waals surface area (Å²) in [6.45, 7) is 6.75. The van der Waals surface area contributed by atoms with Gasteiger partial charge < -0.3 is 25.2 Å². The number of hydrogen-bond donors (Lipinski definition) is 3. The molecule has 4 aliphatic rings. The van der Waals surface area contributed by atoms with Crippen LogP contribution in [0.25, 0.3) is 22.3 Å². The minimum absolute atomic E-state index is 0.0715. The van der Waals surface area contributed by atoms with E-state index in [9.17, 15) is 14.7 Å². The highest BCUT2D eigenvalue weighted by atomic mass is 16.5. The molecule has 288 valence electrons. The summed E-state index contributed by atoms with van der Waals surface area (Å²) in [6, 6.07) is 18.0. The van der Waals surface area contributed by atoms with Crippen molar-refractivity contribution >= 4 is 45.8 Å². The number of aromatic nitrogens is 8. The number of benzene rings is 2. The van der Waals surface area contributed by atoms with Crippen molar-refractivity contribution in [1.82, 2.24) is 39.0 Å². The predicted octanol–water partition coefficient (Wildman–Crippen LogP) is 6.04. The van der Waals surface area contributed by atoms with Crippen molar-refractivity contribution in [2.24, 2.45) is 29.6 Å². The Balaban J connectivity index is 0.000000146. The van der Waals surface area contributed by atoms with E-state index in [1.807, 2.05) is 45.5 Å². The second kappa shape index (κ2) is 14.8. The van der Waals surface area contributed by atoms with Crippen molar-refractivity contribution in [2.75, 3.05) is 10.6 Å². The monoisotopic (exact) mass is 756 g/mol. The fraction of sp³-hybridized carbons (Fsp3) is 0.415. The third-order valence-corrected chi connectivity index (χ3v) is 12.1. The fourth-order valence-corrected chi connectivity index (χ4v) is 9.24. The molecular weight excluding hydrogens is 713 g/mol. The van der Waals surface area contributed by atoms with Gasteiger partial charge in [0.25, 0.3) is 11.8 Å². The topological polar surface area (TPSA) is 184 Å². The van der Waals surface area contributed by atoms with Crippen LogP contribution in [0.15, 0.2) is 86.0 Å². The molecule has 0 spiro atoms. The molecule has 2 amide bonds. The summed E-state index contributed by atoms with van der Waals surface area (Å²) in [6.07, 6.45) is 9.51. The van der Waals surface area contributed by atoms with Crippen LogP contribution >= 0.6 is 0 Å². The molecule has 2 saturated heterocycles. The van der Waals surface area contributed by atoms with Gasteiger partial charge in [-0.2, -0.15) is 0 Å². The van der Waals surface area contributed by atoms with Gasteiger partial charge >= 0.3 is 0 Å². The SMILES string of the molecule is C[C@@H]1C[C@@H](C)[C@H]2OC(n3cnc4c(NC(=O)c5ccccc5)ncnc43)C[C@H]21.C[C@@H]1C[C@@H](O)[C@H]2O[C@@H](n3cnc4c(NC(=O)c5ccccc5)ncnc43)C[C@H]21. The summed E-state index contributed by atoms with van der Waals surface area (Å²) in [5.41, 5.74) is 3.50. The van der Waals surface area contributed by atoms with Gasteiger partial charge in [0.2, 0.25) is 0 Å². The van der Waals surface area contributed by atoms with Crippen molar-refractivity contribution in [2.45, 2.75) is 77.2 Å². The van der Waals surface area contributed by atoms with E-state index in [2.05, 4.69) is 61.3 Å². The van der Waals surface area contributed by atoms with Gasteiger partial charge in [0.1, 0.15) is 25.1 Å². The minimum Gasteiger partial charge on any atom is -0.390 e. The molecule has 15 nitrogen and oxygen atoms in total. The van der Waals surface area contributed by atoms with Crippen LogP contribution in [0.3, 0.4) is 0 Å². The minimum atomic E-state index is -0.421. The van der Waals surface area contributed by atoms with Crippen molar-refractivity contribution in [1.29, 1.82) is 0 Å². The maximum absolute atomic E-state index is 12.5. The van der Waals surface area contributed by atoms with Crippen molar-refractivity contribution in [3.8, 4) is 0 Å². The van der Waals surface area contributed by atoms with E-state index in [0.717, 1.165) is 19.3 Å². The molecule has 2 aliphatic heterocycles. The largest absolute Gasteiger partial charge is 0.390 e. The van der Waals surface area contributed by atoms with Gasteiger partial charge in [-0.1, -0.05) is 57.2 Å². The number of nitrogens with zero attached hydrogens (tertiary/aromatic N) is 8. The highest BCUT2D eigenvalue weighted by Crippen LogP contribution is 2.50. The van der Waals surface area contributed by atoms with Crippen LogP contribution in [0.4, 0.5) is 11.6 Å². The molecule has 1 unspecified atom stereocenters. The first kappa shape index (κ1) is 36.0. The Hall–Kier alpha value is -5.64. The molecule has 4 fully saturated rings. The fourth-order valence-electron chi connectivity index (χ4n) is 9.24. The Labute approximate surface area is 322 Å². The maximum atomic E-state index is 12.5. The lowest BCUT2D eigenvalue weighted by Crippen LogP contribution is -2.23. The molecular formula is C41H44N10O5. The standard InChI is InChI=1S/C21H23N5O2.C20H21N5O3/c1-12-8-13(2)18-15(12)9-16(28-18)26-11-24-17-19(22-10-23-20(17)26)25-21(27)14-6-4-3-5-7-14;1-11-7-14(26)17-13(11)8-15(28-17)25-10-23-16-18(21-9-22-19(16)25)24-20(27)12-5-3-2-4-6-12/h3-7,10-13,15-16,18H,8-9H2,1-2H3,(H,22,23,25,27);2-6,9-11,13-15,17,26H,7-8H2,1H3,(H,21,22,24,27)/t12-,13-,15+,16?,18-;11-,13+,14-,15-,17+/m11/s1. The van der Waals surface area contributed by atoms with Gasteiger partial charge in [0.05, 0.1) is 31.0 Å². The zero-order chi connectivity index (χ0) is 38.5. The number of fused-ring (bicyclic) bond motifs is 4. The number of carbonyl (C=O) groups is 2. The van der Waals surface area contributed by atoms with Gasteiger partial charge in [0, 0.05) is 11.1 Å². The Kier molecular flexibility index (Phi) is 9.51. The molecule has 3 N–H and O–H groups in total. The number of aliphatic hydroxyl groups excluding tert-OH is 1. The van der Waals surface area contributed by atoms with E-state index >= 15 is 0 Å². The van der Waals surface area contributed by atoms with Gasteiger partial charge in [-0.25, -0.2) is 29.9 Å². The van der Waals surface area contributed by atoms with Crippen LogP contribution in [0.5, 0.6) is 0 Å². The molecule has 56 heavy (non-hydrogen) atoms. The first-order valence-electron chi connectivity index (χ1n) is 19.3. The lowest BCUT2D eigenvalue weighted by atomic mass is 9.94. The van der Waals surface area contributed by atoms with E-state index in [1.54, 1.807) is 36.9 Å². The number of nitrogens with one attached hydrogen (secondary N) is 2. The lowest BCUT2D eigenvalue weighted by Gasteiger charge is -2.17. The van der Waals surface area contributed by atoms with E-state index < -0.39 is 6.10 Å². The average molecular weight is 757 g/mol. The molecule has 6 aromatic rings. The van der Waals surface area contributed by atoms with Gasteiger partial charge in [0.15, 0.2) is 34.0 Å². The molecule has 2 aromatic carbocycles. The maximum Gasteiger partial charge on any atom is 0.256 e. The number of aliphatic hydroxyl groups is 1. The smallest absolute Gasteiger partial charge is 0.256 e. The molecule has 10 atom stereocenters. The third-order valence-electron chi connectivity index (χ3n) is 12.1. The predicted molar refractivity (Wildman–Crippen MR) is 206 cm³/mol. The number of carbonyl (C=O) groups excluding carboxylic acids is 2. The number of anilines is 2. The summed E-state index contributed by atoms with van der Waals surface area (Å²) in [5.74, 6) is 2.90. The van der Waals surface area contributed by atoms with Crippen LogP contribution in [0.2, 0.25) is 0 Å². The second-order valence-corrected chi connectivity index (χ2v) is 15.6. The highest BCUT2D eigenvalue weighted by molar-refractivity contribution is 6.07. The van der Waals surface area contributed by atoms with Gasteiger partial charge in [-0.15, -0.1) is 0 Å². The van der Waals surface area contributed by atoms with Crippen LogP contribution < -0.4 is 10.6 Å². The first-order valence-corrected chi connectivity index (χ1v) is 19.3. The summed E-state index contributed by atoms with van der Waals surface area (Å²) in [7, 11) is 0. The number of ether oxygens (including phenoxy) is 2. The molecule has 2 saturated carbocycles. The molecule has 2 aliphatic carbocycles. The van der Waals surface area contributed by atoms with Crippen molar-refractivity contribution in [3.05, 3.63) is 97.1 Å². The number of amides is 2. The Morgan fingerprint density at radius 2 is 1.07 bits per heavy atom. The van der Waals surface area contributed by atoms with Crippen LogP contribution in [0.1, 0.15) is 79.6 Å². The zero-order valence-corrected chi connectivity index (χ0v) is 31.3. The molecule has 0 radical (unpaired) electrons. The van der Waals surface area contributed by atoms with Crippen molar-refractivity contribution < 1.29 is 24.2 Å². The summed E-state index contributed by atoms with van der Waals surface area (Å²) >= 11 is 0. The Morgan fingerprint density at radius 3 is 1.55 bits per heavy atom. The second-order valence-electron chi connectivity index (χ2n) is 15.6. The van der Waals surface area contributed by atoms with E-state index in [4.69, 9.17) is 9.47 Å². The van der Waals surface area contributed by atoms with Gasteiger partial charge in [-0.05, 0) is 79.5 Å².